The highest BCUT2D eigenvalue weighted by molar-refractivity contribution is 5.94. The van der Waals surface area contributed by atoms with Gasteiger partial charge in [0.2, 0.25) is 0 Å². The number of hydrogen-bond donors (Lipinski definition) is 1. The summed E-state index contributed by atoms with van der Waals surface area (Å²) < 4.78 is 0. The van der Waals surface area contributed by atoms with Gasteiger partial charge >= 0.3 is 0 Å². The van der Waals surface area contributed by atoms with Gasteiger partial charge in [-0.25, -0.2) is 0 Å². The lowest BCUT2D eigenvalue weighted by Crippen LogP contribution is -2.44. The number of carbonyl (C=O) groups is 1. The Kier molecular flexibility index (Phi) is 6.44. The third-order valence-corrected chi connectivity index (χ3v) is 6.11. The molecule has 4 rings (SSSR count). The van der Waals surface area contributed by atoms with Crippen LogP contribution in [0.4, 0.5) is 0 Å². The highest BCUT2D eigenvalue weighted by atomic mass is 16.2. The minimum Gasteiger partial charge on any atom is -0.338 e. The van der Waals surface area contributed by atoms with Gasteiger partial charge in [0, 0.05) is 32.0 Å². The molecule has 0 unspecified atom stereocenters. The Balaban J connectivity index is 1.46. The molecule has 5 nitrogen and oxygen atoms in total. The molecular formula is C27H26N4O. The summed E-state index contributed by atoms with van der Waals surface area (Å²) in [6.07, 6.45) is 8.52. The van der Waals surface area contributed by atoms with Crippen LogP contribution in [0.2, 0.25) is 0 Å². The van der Waals surface area contributed by atoms with Crippen LogP contribution in [0.25, 0.3) is 12.2 Å². The van der Waals surface area contributed by atoms with Gasteiger partial charge in [0.1, 0.15) is 0 Å². The van der Waals surface area contributed by atoms with E-state index in [1.165, 1.54) is 0 Å². The van der Waals surface area contributed by atoms with E-state index in [2.05, 4.69) is 11.1 Å². The topological polar surface area (TPSA) is 83.0 Å². The second-order valence-electron chi connectivity index (χ2n) is 8.14. The molecule has 0 radical (unpaired) electrons. The van der Waals surface area contributed by atoms with Crippen molar-refractivity contribution in [2.45, 2.75) is 24.8 Å². The fourth-order valence-electron chi connectivity index (χ4n) is 4.16. The van der Waals surface area contributed by atoms with E-state index in [9.17, 15) is 10.1 Å². The van der Waals surface area contributed by atoms with Crippen molar-refractivity contribution in [2.75, 3.05) is 13.1 Å². The molecule has 1 saturated heterocycles. The number of nitrogens with two attached hydrogens (primary N) is 1. The largest absolute Gasteiger partial charge is 0.338 e. The minimum absolute atomic E-state index is 0.0466. The highest BCUT2D eigenvalue weighted by Gasteiger charge is 2.38. The molecule has 2 aromatic carbocycles. The third-order valence-electron chi connectivity index (χ3n) is 6.11. The lowest BCUT2D eigenvalue weighted by molar-refractivity contribution is 0.0691. The summed E-state index contributed by atoms with van der Waals surface area (Å²) in [5, 5.41) is 9.99. The number of amides is 1. The molecule has 5 heteroatoms. The molecule has 1 aliphatic rings. The van der Waals surface area contributed by atoms with Crippen molar-refractivity contribution in [1.29, 1.82) is 5.26 Å². The van der Waals surface area contributed by atoms with E-state index in [0.717, 1.165) is 22.3 Å². The van der Waals surface area contributed by atoms with Gasteiger partial charge in [-0.3, -0.25) is 9.78 Å². The van der Waals surface area contributed by atoms with Crippen molar-refractivity contribution in [3.05, 3.63) is 101 Å². The van der Waals surface area contributed by atoms with Gasteiger partial charge < -0.3 is 10.6 Å². The van der Waals surface area contributed by atoms with Crippen LogP contribution in [0.1, 0.15) is 45.5 Å². The molecule has 160 valence electrons. The van der Waals surface area contributed by atoms with E-state index in [1.807, 2.05) is 77.7 Å². The maximum Gasteiger partial charge on any atom is 0.255 e. The Morgan fingerprint density at radius 2 is 1.78 bits per heavy atom. The van der Waals surface area contributed by atoms with E-state index in [-0.39, 0.29) is 5.91 Å². The molecule has 0 aliphatic carbocycles. The zero-order chi connectivity index (χ0) is 22.4. The third kappa shape index (κ3) is 4.61. The lowest BCUT2D eigenvalue weighted by Gasteiger charge is -2.37. The number of hydrogen-bond acceptors (Lipinski definition) is 4. The fraction of sp³-hybridized carbons (Fsp3) is 0.222. The molecule has 1 aromatic heterocycles. The van der Waals surface area contributed by atoms with Gasteiger partial charge in [0.05, 0.1) is 17.0 Å². The van der Waals surface area contributed by atoms with Crippen molar-refractivity contribution in [1.82, 2.24) is 9.88 Å². The number of nitriles is 1. The summed E-state index contributed by atoms with van der Waals surface area (Å²) in [6, 6.07) is 22.3. The summed E-state index contributed by atoms with van der Waals surface area (Å²) in [5.74, 6) is -0.0466. The lowest BCUT2D eigenvalue weighted by atomic mass is 9.73. The quantitative estimate of drug-likeness (QED) is 0.660. The molecule has 2 heterocycles. The molecule has 1 amide bonds. The van der Waals surface area contributed by atoms with Gasteiger partial charge in [0.25, 0.3) is 5.91 Å². The number of rotatable bonds is 5. The predicted molar refractivity (Wildman–Crippen MR) is 126 cm³/mol. The van der Waals surface area contributed by atoms with E-state index in [4.69, 9.17) is 5.73 Å². The molecule has 0 bridgehead atoms. The van der Waals surface area contributed by atoms with Crippen molar-refractivity contribution in [3.8, 4) is 6.07 Å². The summed E-state index contributed by atoms with van der Waals surface area (Å²) in [7, 11) is 0. The number of aromatic nitrogens is 1. The Morgan fingerprint density at radius 1 is 1.03 bits per heavy atom. The van der Waals surface area contributed by atoms with Crippen LogP contribution >= 0.6 is 0 Å². The molecule has 2 N–H and O–H groups in total. The first-order chi connectivity index (χ1) is 15.6. The number of piperidine rings is 1. The Labute approximate surface area is 188 Å². The van der Waals surface area contributed by atoms with E-state index in [1.54, 1.807) is 12.4 Å². The van der Waals surface area contributed by atoms with E-state index in [0.29, 0.717) is 38.0 Å². The van der Waals surface area contributed by atoms with Gasteiger partial charge in [0.15, 0.2) is 0 Å². The maximum atomic E-state index is 13.1. The first-order valence-corrected chi connectivity index (χ1v) is 10.8. The summed E-state index contributed by atoms with van der Waals surface area (Å²) in [6.45, 7) is 1.51. The van der Waals surface area contributed by atoms with Crippen LogP contribution < -0.4 is 5.73 Å². The van der Waals surface area contributed by atoms with Crippen LogP contribution in [0, 0.1) is 11.3 Å². The van der Waals surface area contributed by atoms with Crippen molar-refractivity contribution < 1.29 is 4.79 Å². The normalized spacial score (nSPS) is 15.4. The van der Waals surface area contributed by atoms with Gasteiger partial charge in [-0.15, -0.1) is 0 Å². The second-order valence-corrected chi connectivity index (χ2v) is 8.14. The van der Waals surface area contributed by atoms with Crippen LogP contribution in [0.3, 0.4) is 0 Å². The molecule has 1 fully saturated rings. The van der Waals surface area contributed by atoms with Gasteiger partial charge in [-0.05, 0) is 41.2 Å². The Morgan fingerprint density at radius 3 is 2.50 bits per heavy atom. The van der Waals surface area contributed by atoms with Gasteiger partial charge in [-0.1, -0.05) is 66.7 Å². The zero-order valence-corrected chi connectivity index (χ0v) is 17.9. The predicted octanol–water partition coefficient (Wildman–Crippen LogP) is 4.41. The maximum absolute atomic E-state index is 13.1. The smallest absolute Gasteiger partial charge is 0.255 e. The zero-order valence-electron chi connectivity index (χ0n) is 17.9. The average molecular weight is 423 g/mol. The van der Waals surface area contributed by atoms with E-state index < -0.39 is 5.41 Å². The molecule has 32 heavy (non-hydrogen) atoms. The fourth-order valence-corrected chi connectivity index (χ4v) is 4.16. The molecule has 0 saturated carbocycles. The van der Waals surface area contributed by atoms with Crippen LogP contribution in [-0.4, -0.2) is 28.9 Å². The summed E-state index contributed by atoms with van der Waals surface area (Å²) >= 11 is 0. The van der Waals surface area contributed by atoms with Crippen LogP contribution in [0.15, 0.2) is 73.1 Å². The monoisotopic (exact) mass is 422 g/mol. The highest BCUT2D eigenvalue weighted by Crippen LogP contribution is 2.35. The van der Waals surface area contributed by atoms with E-state index >= 15 is 0 Å². The number of pyridine rings is 1. The average Bonchev–Trinajstić information content (AvgIpc) is 2.88. The van der Waals surface area contributed by atoms with Gasteiger partial charge in [-0.2, -0.15) is 5.26 Å². The molecular weight excluding hydrogens is 396 g/mol. The summed E-state index contributed by atoms with van der Waals surface area (Å²) in [4.78, 5) is 19.2. The number of benzene rings is 2. The SMILES string of the molecule is N#CC1(c2cccc(CN)c2)CCN(C(=O)c2cncc(/C=C\c3ccccc3)c2)CC1. The van der Waals surface area contributed by atoms with Crippen molar-refractivity contribution >= 4 is 18.1 Å². The molecule has 0 spiro atoms. The standard InChI is InChI=1S/C27H26N4O/c28-17-22-7-4-8-25(16-22)27(20-29)11-13-31(14-12-27)26(32)24-15-23(18-30-19-24)10-9-21-5-2-1-3-6-21/h1-10,15-16,18-19H,11-14,17,28H2/b10-9-. The first kappa shape index (κ1) is 21.5. The van der Waals surface area contributed by atoms with Crippen molar-refractivity contribution in [2.24, 2.45) is 5.73 Å². The second kappa shape index (κ2) is 9.59. The number of carbonyl (C=O) groups excluding carboxylic acids is 1. The molecule has 1 aliphatic heterocycles. The Hall–Kier alpha value is -3.75. The number of likely N-dealkylation sites (tertiary alicyclic amines) is 1. The minimum atomic E-state index is -0.583. The molecule has 3 aromatic rings. The van der Waals surface area contributed by atoms with Crippen LogP contribution in [-0.2, 0) is 12.0 Å². The first-order valence-electron chi connectivity index (χ1n) is 10.8. The molecule has 0 atom stereocenters. The summed E-state index contributed by atoms with van der Waals surface area (Å²) in [5.41, 5.74) is 9.73. The Bertz CT molecular complexity index is 1160. The number of nitrogens with zero attached hydrogens (tertiary/aromatic N) is 3. The van der Waals surface area contributed by atoms with Crippen LogP contribution in [0.5, 0.6) is 0 Å². The van der Waals surface area contributed by atoms with Crippen molar-refractivity contribution in [3.63, 3.8) is 0 Å².